The summed E-state index contributed by atoms with van der Waals surface area (Å²) in [5, 5.41) is 11.6. The largest absolute Gasteiger partial charge is 0.381 e. The number of halogens is 1. The van der Waals surface area contributed by atoms with Crippen LogP contribution in [-0.4, -0.2) is 5.71 Å². The van der Waals surface area contributed by atoms with Gasteiger partial charge in [0, 0.05) is 23.5 Å². The molecule has 2 nitrogen and oxygen atoms in total. The molecule has 0 unspecified atom stereocenters. The van der Waals surface area contributed by atoms with Crippen molar-refractivity contribution in [3.05, 3.63) is 100 Å². The summed E-state index contributed by atoms with van der Waals surface area (Å²) in [6, 6.07) is 21.2. The number of anilines is 1. The van der Waals surface area contributed by atoms with Crippen LogP contribution in [0.15, 0.2) is 66.7 Å². The average molecular weight is 360 g/mol. The predicted molar refractivity (Wildman–Crippen MR) is 111 cm³/mol. The lowest BCUT2D eigenvalue weighted by molar-refractivity contribution is 0.624. The number of nitrogens with one attached hydrogen (secondary N) is 2. The van der Waals surface area contributed by atoms with Gasteiger partial charge >= 0.3 is 0 Å². The highest BCUT2D eigenvalue weighted by Gasteiger charge is 2.07. The molecule has 0 fully saturated rings. The maximum Gasteiger partial charge on any atom is 0.132 e. The fourth-order valence-electron chi connectivity index (χ4n) is 3.07. The molecule has 3 rings (SSSR count). The molecule has 0 aliphatic rings. The van der Waals surface area contributed by atoms with Gasteiger partial charge in [0.15, 0.2) is 0 Å². The molecule has 138 valence electrons. The molecule has 3 aromatic carbocycles. The van der Waals surface area contributed by atoms with E-state index >= 15 is 0 Å². The van der Waals surface area contributed by atoms with Crippen molar-refractivity contribution in [2.75, 3.05) is 5.32 Å². The van der Waals surface area contributed by atoms with Gasteiger partial charge in [0.2, 0.25) is 0 Å². The second-order valence-electron chi connectivity index (χ2n) is 6.88. The molecule has 0 atom stereocenters. The third-order valence-corrected chi connectivity index (χ3v) is 4.97. The van der Waals surface area contributed by atoms with E-state index < -0.39 is 0 Å². The van der Waals surface area contributed by atoms with Crippen LogP contribution in [0, 0.1) is 25.1 Å². The highest BCUT2D eigenvalue weighted by Crippen LogP contribution is 2.19. The lowest BCUT2D eigenvalue weighted by Gasteiger charge is -2.12. The summed E-state index contributed by atoms with van der Waals surface area (Å²) in [5.74, 6) is -0.324. The average Bonchev–Trinajstić information content (AvgIpc) is 2.68. The minimum absolute atomic E-state index is 0.324. The zero-order valence-corrected chi connectivity index (χ0v) is 15.9. The normalized spacial score (nSPS) is 10.6. The first-order chi connectivity index (χ1) is 13.0. The van der Waals surface area contributed by atoms with Crippen molar-refractivity contribution in [2.45, 2.75) is 33.2 Å². The molecule has 0 radical (unpaired) electrons. The van der Waals surface area contributed by atoms with E-state index in [2.05, 4.69) is 61.6 Å². The van der Waals surface area contributed by atoms with Crippen molar-refractivity contribution in [3.8, 4) is 0 Å². The minimum Gasteiger partial charge on any atom is -0.381 e. The van der Waals surface area contributed by atoms with E-state index in [0.29, 0.717) is 17.7 Å². The molecule has 0 aliphatic heterocycles. The third kappa shape index (κ3) is 4.82. The van der Waals surface area contributed by atoms with Crippen LogP contribution in [0.25, 0.3) is 0 Å². The molecule has 27 heavy (non-hydrogen) atoms. The minimum atomic E-state index is -0.324. The molecule has 3 heteroatoms. The Balaban J connectivity index is 1.55. The van der Waals surface area contributed by atoms with Gasteiger partial charge < -0.3 is 10.7 Å². The van der Waals surface area contributed by atoms with Gasteiger partial charge in [0.1, 0.15) is 5.82 Å². The van der Waals surface area contributed by atoms with Crippen LogP contribution in [-0.2, 0) is 13.0 Å². The van der Waals surface area contributed by atoms with Crippen LogP contribution in [0.1, 0.15) is 34.2 Å². The SMILES string of the molecule is Cc1cccc(NCc2ccc(CCC(=N)c3ccccc3F)cc2)c1C. The van der Waals surface area contributed by atoms with Gasteiger partial charge in [-0.1, -0.05) is 54.6 Å². The summed E-state index contributed by atoms with van der Waals surface area (Å²) < 4.78 is 13.7. The van der Waals surface area contributed by atoms with E-state index in [1.54, 1.807) is 18.2 Å². The van der Waals surface area contributed by atoms with Gasteiger partial charge in [-0.25, -0.2) is 4.39 Å². The lowest BCUT2D eigenvalue weighted by Crippen LogP contribution is -2.04. The Morgan fingerprint density at radius 3 is 2.33 bits per heavy atom. The van der Waals surface area contributed by atoms with E-state index in [4.69, 9.17) is 5.41 Å². The maximum absolute atomic E-state index is 13.7. The molecular weight excluding hydrogens is 335 g/mol. The van der Waals surface area contributed by atoms with Crippen LogP contribution in [0.3, 0.4) is 0 Å². The topological polar surface area (TPSA) is 35.9 Å². The molecule has 3 aromatic rings. The molecule has 0 amide bonds. The molecule has 2 N–H and O–H groups in total. The van der Waals surface area contributed by atoms with Crippen molar-refractivity contribution < 1.29 is 4.39 Å². The second-order valence-corrected chi connectivity index (χ2v) is 6.88. The summed E-state index contributed by atoms with van der Waals surface area (Å²) in [7, 11) is 0. The summed E-state index contributed by atoms with van der Waals surface area (Å²) in [4.78, 5) is 0. The molecular formula is C24H25FN2. The fraction of sp³-hybridized carbons (Fsp3) is 0.208. The Bertz CT molecular complexity index is 929. The zero-order valence-electron chi connectivity index (χ0n) is 15.9. The highest BCUT2D eigenvalue weighted by molar-refractivity contribution is 5.98. The van der Waals surface area contributed by atoms with E-state index in [0.717, 1.165) is 24.2 Å². The fourth-order valence-corrected chi connectivity index (χ4v) is 3.07. The van der Waals surface area contributed by atoms with Gasteiger partial charge in [-0.3, -0.25) is 0 Å². The van der Waals surface area contributed by atoms with E-state index in [-0.39, 0.29) is 5.82 Å². The lowest BCUT2D eigenvalue weighted by atomic mass is 10.0. The Hall–Kier alpha value is -2.94. The number of rotatable bonds is 7. The monoisotopic (exact) mass is 360 g/mol. The van der Waals surface area contributed by atoms with Crippen molar-refractivity contribution in [1.29, 1.82) is 5.41 Å². The number of benzene rings is 3. The van der Waals surface area contributed by atoms with Crippen LogP contribution < -0.4 is 5.32 Å². The Kier molecular flexibility index (Phi) is 6.02. The Morgan fingerprint density at radius 1 is 0.889 bits per heavy atom. The van der Waals surface area contributed by atoms with Crippen molar-refractivity contribution in [3.63, 3.8) is 0 Å². The third-order valence-electron chi connectivity index (χ3n) is 4.97. The molecule has 0 aromatic heterocycles. The zero-order chi connectivity index (χ0) is 19.2. The standard InChI is InChI=1S/C24H25FN2/c1-17-6-5-9-24(18(17)2)27-16-20-12-10-19(11-13-20)14-15-23(26)21-7-3-4-8-22(21)25/h3-13,26-27H,14-16H2,1-2H3. The highest BCUT2D eigenvalue weighted by atomic mass is 19.1. The Morgan fingerprint density at radius 2 is 1.59 bits per heavy atom. The van der Waals surface area contributed by atoms with Crippen molar-refractivity contribution in [2.24, 2.45) is 0 Å². The second kappa shape index (κ2) is 8.63. The number of hydrogen-bond donors (Lipinski definition) is 2. The first-order valence-corrected chi connectivity index (χ1v) is 9.25. The number of aryl methyl sites for hydroxylation is 2. The molecule has 0 saturated carbocycles. The van der Waals surface area contributed by atoms with Crippen LogP contribution in [0.2, 0.25) is 0 Å². The maximum atomic E-state index is 13.7. The predicted octanol–water partition coefficient (Wildman–Crippen LogP) is 6.06. The molecule has 0 spiro atoms. The van der Waals surface area contributed by atoms with Gasteiger partial charge in [-0.05, 0) is 61.1 Å². The van der Waals surface area contributed by atoms with E-state index in [1.165, 1.54) is 22.8 Å². The summed E-state index contributed by atoms with van der Waals surface area (Å²) >= 11 is 0. The van der Waals surface area contributed by atoms with Crippen LogP contribution >= 0.6 is 0 Å². The van der Waals surface area contributed by atoms with Gasteiger partial charge in [-0.15, -0.1) is 0 Å². The number of hydrogen-bond acceptors (Lipinski definition) is 2. The molecule has 0 bridgehead atoms. The summed E-state index contributed by atoms with van der Waals surface area (Å²) in [6.45, 7) is 5.02. The van der Waals surface area contributed by atoms with Gasteiger partial charge in [0.25, 0.3) is 0 Å². The van der Waals surface area contributed by atoms with Crippen LogP contribution in [0.4, 0.5) is 10.1 Å². The first-order valence-electron chi connectivity index (χ1n) is 9.25. The molecule has 0 saturated heterocycles. The van der Waals surface area contributed by atoms with Crippen LogP contribution in [0.5, 0.6) is 0 Å². The molecule has 0 heterocycles. The van der Waals surface area contributed by atoms with Crippen molar-refractivity contribution >= 4 is 11.4 Å². The summed E-state index contributed by atoms with van der Waals surface area (Å²) in [5.41, 5.74) is 6.84. The quantitative estimate of drug-likeness (QED) is 0.494. The summed E-state index contributed by atoms with van der Waals surface area (Å²) in [6.07, 6.45) is 1.26. The smallest absolute Gasteiger partial charge is 0.132 e. The van der Waals surface area contributed by atoms with Gasteiger partial charge in [-0.2, -0.15) is 0 Å². The van der Waals surface area contributed by atoms with Gasteiger partial charge in [0.05, 0.1) is 0 Å². The van der Waals surface area contributed by atoms with E-state index in [9.17, 15) is 4.39 Å². The Labute approximate surface area is 160 Å². The van der Waals surface area contributed by atoms with E-state index in [1.807, 2.05) is 0 Å². The molecule has 0 aliphatic carbocycles. The van der Waals surface area contributed by atoms with Crippen molar-refractivity contribution in [1.82, 2.24) is 0 Å². The first kappa shape index (κ1) is 18.8.